The molecule has 7 heteroatoms. The van der Waals surface area contributed by atoms with Crippen molar-refractivity contribution in [3.63, 3.8) is 0 Å². The number of benzene rings is 2. The Kier molecular flexibility index (Phi) is 5.07. The first kappa shape index (κ1) is 17.3. The number of aromatic nitrogens is 2. The summed E-state index contributed by atoms with van der Waals surface area (Å²) in [7, 11) is 1.70. The van der Waals surface area contributed by atoms with E-state index in [1.165, 1.54) is 28.9 Å². The van der Waals surface area contributed by atoms with Gasteiger partial charge in [-0.15, -0.1) is 0 Å². The second-order valence-corrected chi connectivity index (χ2v) is 5.68. The van der Waals surface area contributed by atoms with Crippen molar-refractivity contribution < 1.29 is 14.0 Å². The van der Waals surface area contributed by atoms with E-state index in [2.05, 4.69) is 15.7 Å². The molecule has 0 atom stereocenters. The minimum absolute atomic E-state index is 0.210. The Balaban J connectivity index is 1.56. The van der Waals surface area contributed by atoms with Gasteiger partial charge in [0.1, 0.15) is 11.5 Å². The number of nitrogens with one attached hydrogen (secondary N) is 2. The van der Waals surface area contributed by atoms with Crippen LogP contribution in [0.3, 0.4) is 0 Å². The van der Waals surface area contributed by atoms with Crippen LogP contribution in [0.25, 0.3) is 0 Å². The van der Waals surface area contributed by atoms with E-state index in [1.807, 2.05) is 12.1 Å². The lowest BCUT2D eigenvalue weighted by atomic mass is 10.1. The Labute approximate surface area is 149 Å². The van der Waals surface area contributed by atoms with E-state index < -0.39 is 0 Å². The fourth-order valence-corrected chi connectivity index (χ4v) is 2.38. The van der Waals surface area contributed by atoms with E-state index in [0.717, 1.165) is 5.56 Å². The molecule has 0 unspecified atom stereocenters. The van der Waals surface area contributed by atoms with E-state index >= 15 is 0 Å². The zero-order chi connectivity index (χ0) is 18.5. The first-order chi connectivity index (χ1) is 12.5. The minimum atomic E-state index is -0.390. The molecule has 2 N–H and O–H groups in total. The summed E-state index contributed by atoms with van der Waals surface area (Å²) in [4.78, 5) is 24.1. The van der Waals surface area contributed by atoms with Crippen LogP contribution in [0.1, 0.15) is 26.4 Å². The molecule has 6 nitrogen and oxygen atoms in total. The number of hydrogen-bond donors (Lipinski definition) is 2. The summed E-state index contributed by atoms with van der Waals surface area (Å²) >= 11 is 0. The number of anilines is 1. The van der Waals surface area contributed by atoms with Gasteiger partial charge in [-0.05, 0) is 48.0 Å². The summed E-state index contributed by atoms with van der Waals surface area (Å²) in [6.07, 6.45) is 1.56. The fraction of sp³-hybridized carbons (Fsp3) is 0.105. The predicted molar refractivity (Wildman–Crippen MR) is 95.2 cm³/mol. The van der Waals surface area contributed by atoms with Crippen molar-refractivity contribution in [1.29, 1.82) is 0 Å². The highest BCUT2D eigenvalue weighted by atomic mass is 19.1. The average molecular weight is 352 g/mol. The van der Waals surface area contributed by atoms with E-state index in [9.17, 15) is 14.0 Å². The van der Waals surface area contributed by atoms with Gasteiger partial charge >= 0.3 is 0 Å². The molecule has 0 saturated heterocycles. The SMILES string of the molecule is Cn1nccc1C(=O)NCc1ccc(NC(=O)c2ccc(F)cc2)cc1. The van der Waals surface area contributed by atoms with Gasteiger partial charge in [-0.25, -0.2) is 4.39 Å². The normalized spacial score (nSPS) is 10.4. The van der Waals surface area contributed by atoms with Crippen LogP contribution in [0.4, 0.5) is 10.1 Å². The molecule has 1 aromatic heterocycles. The van der Waals surface area contributed by atoms with Crippen LogP contribution >= 0.6 is 0 Å². The molecule has 3 aromatic rings. The second kappa shape index (κ2) is 7.60. The zero-order valence-electron chi connectivity index (χ0n) is 14.1. The Morgan fingerprint density at radius 1 is 1.00 bits per heavy atom. The van der Waals surface area contributed by atoms with Crippen LogP contribution in [0.2, 0.25) is 0 Å². The highest BCUT2D eigenvalue weighted by molar-refractivity contribution is 6.04. The third-order valence-electron chi connectivity index (χ3n) is 3.82. The largest absolute Gasteiger partial charge is 0.347 e. The number of halogens is 1. The molecule has 0 bridgehead atoms. The number of hydrogen-bond acceptors (Lipinski definition) is 3. The van der Waals surface area contributed by atoms with Crippen molar-refractivity contribution in [2.75, 3.05) is 5.32 Å². The van der Waals surface area contributed by atoms with Gasteiger partial charge in [0.25, 0.3) is 11.8 Å². The molecular formula is C19H17FN4O2. The number of rotatable bonds is 5. The van der Waals surface area contributed by atoms with Gasteiger partial charge in [0.15, 0.2) is 0 Å². The molecule has 0 spiro atoms. The standard InChI is InChI=1S/C19H17FN4O2/c1-24-17(10-11-22-24)19(26)21-12-13-2-8-16(9-3-13)23-18(25)14-4-6-15(20)7-5-14/h2-11H,12H2,1H3,(H,21,26)(H,23,25). The minimum Gasteiger partial charge on any atom is -0.347 e. The van der Waals surface area contributed by atoms with Crippen LogP contribution in [0, 0.1) is 5.82 Å². The molecule has 132 valence electrons. The Hall–Kier alpha value is -3.48. The third kappa shape index (κ3) is 4.13. The van der Waals surface area contributed by atoms with Crippen LogP contribution in [0.5, 0.6) is 0 Å². The van der Waals surface area contributed by atoms with E-state index in [4.69, 9.17) is 0 Å². The van der Waals surface area contributed by atoms with Gasteiger partial charge in [0.2, 0.25) is 0 Å². The summed E-state index contributed by atoms with van der Waals surface area (Å²) in [5.74, 6) is -0.917. The molecule has 0 aliphatic heterocycles. The topological polar surface area (TPSA) is 76.0 Å². The van der Waals surface area contributed by atoms with Crippen LogP contribution in [-0.4, -0.2) is 21.6 Å². The van der Waals surface area contributed by atoms with Crippen LogP contribution in [-0.2, 0) is 13.6 Å². The first-order valence-electron chi connectivity index (χ1n) is 7.95. The molecule has 0 fully saturated rings. The van der Waals surface area contributed by atoms with E-state index in [1.54, 1.807) is 31.4 Å². The molecule has 0 saturated carbocycles. The maximum atomic E-state index is 12.9. The number of amides is 2. The summed E-state index contributed by atoms with van der Waals surface area (Å²) in [5.41, 5.74) is 2.36. The maximum absolute atomic E-state index is 12.9. The van der Waals surface area contributed by atoms with Crippen molar-refractivity contribution in [2.45, 2.75) is 6.54 Å². The van der Waals surface area contributed by atoms with Crippen molar-refractivity contribution in [3.8, 4) is 0 Å². The lowest BCUT2D eigenvalue weighted by Crippen LogP contribution is -2.25. The zero-order valence-corrected chi connectivity index (χ0v) is 14.1. The van der Waals surface area contributed by atoms with Gasteiger partial charge in [-0.2, -0.15) is 5.10 Å². The van der Waals surface area contributed by atoms with Gasteiger partial charge in [-0.1, -0.05) is 12.1 Å². The van der Waals surface area contributed by atoms with Gasteiger partial charge < -0.3 is 10.6 Å². The van der Waals surface area contributed by atoms with Crippen molar-refractivity contribution >= 4 is 17.5 Å². The van der Waals surface area contributed by atoms with Gasteiger partial charge in [-0.3, -0.25) is 14.3 Å². The number of aryl methyl sites for hydroxylation is 1. The number of carbonyl (C=O) groups excluding carboxylic acids is 2. The summed E-state index contributed by atoms with van der Waals surface area (Å²) in [6.45, 7) is 0.357. The van der Waals surface area contributed by atoms with E-state index in [-0.39, 0.29) is 17.6 Å². The molecule has 1 heterocycles. The molecule has 3 rings (SSSR count). The number of carbonyl (C=O) groups is 2. The van der Waals surface area contributed by atoms with Crippen molar-refractivity contribution in [2.24, 2.45) is 7.05 Å². The van der Waals surface area contributed by atoms with Crippen LogP contribution in [0.15, 0.2) is 60.8 Å². The maximum Gasteiger partial charge on any atom is 0.269 e. The quantitative estimate of drug-likeness (QED) is 0.741. The molecule has 2 aromatic carbocycles. The average Bonchev–Trinajstić information content (AvgIpc) is 3.07. The van der Waals surface area contributed by atoms with Crippen molar-refractivity contribution in [3.05, 3.63) is 83.4 Å². The Bertz CT molecular complexity index is 917. The second-order valence-electron chi connectivity index (χ2n) is 5.68. The molecule has 0 aliphatic carbocycles. The Morgan fingerprint density at radius 3 is 2.31 bits per heavy atom. The van der Waals surface area contributed by atoms with Crippen molar-refractivity contribution in [1.82, 2.24) is 15.1 Å². The van der Waals surface area contributed by atoms with Crippen LogP contribution < -0.4 is 10.6 Å². The molecular weight excluding hydrogens is 335 g/mol. The first-order valence-corrected chi connectivity index (χ1v) is 7.95. The number of nitrogens with zero attached hydrogens (tertiary/aromatic N) is 2. The molecule has 0 aliphatic rings. The fourth-order valence-electron chi connectivity index (χ4n) is 2.38. The lowest BCUT2D eigenvalue weighted by Gasteiger charge is -2.08. The lowest BCUT2D eigenvalue weighted by molar-refractivity contribution is 0.0940. The summed E-state index contributed by atoms with van der Waals surface area (Å²) in [5, 5.41) is 9.51. The summed E-state index contributed by atoms with van der Waals surface area (Å²) < 4.78 is 14.4. The Morgan fingerprint density at radius 2 is 1.69 bits per heavy atom. The summed E-state index contributed by atoms with van der Waals surface area (Å²) in [6, 6.07) is 14.1. The monoisotopic (exact) mass is 352 g/mol. The molecule has 0 radical (unpaired) electrons. The predicted octanol–water partition coefficient (Wildman–Crippen LogP) is 2.74. The molecule has 26 heavy (non-hydrogen) atoms. The highest BCUT2D eigenvalue weighted by Crippen LogP contribution is 2.12. The highest BCUT2D eigenvalue weighted by Gasteiger charge is 2.09. The molecule has 2 amide bonds. The van der Waals surface area contributed by atoms with Gasteiger partial charge in [0.05, 0.1) is 0 Å². The smallest absolute Gasteiger partial charge is 0.269 e. The third-order valence-corrected chi connectivity index (χ3v) is 3.82. The van der Waals surface area contributed by atoms with E-state index in [0.29, 0.717) is 23.5 Å². The van der Waals surface area contributed by atoms with Gasteiger partial charge in [0, 0.05) is 31.0 Å².